The van der Waals surface area contributed by atoms with Crippen LogP contribution in [0.3, 0.4) is 0 Å². The number of piperidine rings is 1. The topological polar surface area (TPSA) is 24.7 Å². The number of nitrogens with one attached hydrogen (secondary N) is 1. The number of aliphatic hydroxyl groups is 1. The van der Waals surface area contributed by atoms with Crippen molar-refractivity contribution in [2.24, 2.45) is 11.8 Å². The van der Waals surface area contributed by atoms with Crippen molar-refractivity contribution in [1.82, 2.24) is 0 Å². The molecule has 1 saturated heterocycles. The third-order valence-corrected chi connectivity index (χ3v) is 4.66. The minimum Gasteiger partial charge on any atom is -0.396 e. The third-order valence-electron chi connectivity index (χ3n) is 4.66. The van der Waals surface area contributed by atoms with Gasteiger partial charge >= 0.3 is 0 Å². The van der Waals surface area contributed by atoms with Crippen molar-refractivity contribution in [3.8, 4) is 0 Å². The van der Waals surface area contributed by atoms with Gasteiger partial charge in [-0.25, -0.2) is 0 Å². The number of hydrogen-bond acceptors (Lipinski definition) is 1. The summed E-state index contributed by atoms with van der Waals surface area (Å²) in [6.07, 6.45) is 8.70. The van der Waals surface area contributed by atoms with E-state index in [1.54, 1.807) is 10.5 Å². The number of allylic oxidation sites excluding steroid dienone is 2. The summed E-state index contributed by atoms with van der Waals surface area (Å²) in [5, 5.41) is 9.27. The van der Waals surface area contributed by atoms with Crippen LogP contribution >= 0.6 is 0 Å². The van der Waals surface area contributed by atoms with E-state index in [-0.39, 0.29) is 0 Å². The molecule has 2 heteroatoms. The Balaban J connectivity index is 1.81. The van der Waals surface area contributed by atoms with Crippen LogP contribution in [0.25, 0.3) is 0 Å². The zero-order chi connectivity index (χ0) is 13.0. The molecule has 0 amide bonds. The van der Waals surface area contributed by atoms with Crippen LogP contribution < -0.4 is 4.90 Å². The first-order chi connectivity index (χ1) is 8.69. The molecule has 1 fully saturated rings. The van der Waals surface area contributed by atoms with E-state index in [0.717, 1.165) is 12.5 Å². The molecule has 0 saturated carbocycles. The van der Waals surface area contributed by atoms with Gasteiger partial charge in [0.05, 0.1) is 26.2 Å². The lowest BCUT2D eigenvalue weighted by Crippen LogP contribution is -3.13. The summed E-state index contributed by atoms with van der Waals surface area (Å²) >= 11 is 0. The molecule has 102 valence electrons. The van der Waals surface area contributed by atoms with Crippen molar-refractivity contribution in [3.63, 3.8) is 0 Å². The van der Waals surface area contributed by atoms with Gasteiger partial charge in [0.15, 0.2) is 0 Å². The fraction of sp³-hybridized carbons (Fsp3) is 0.750. The molecule has 1 heterocycles. The van der Waals surface area contributed by atoms with Gasteiger partial charge < -0.3 is 10.0 Å². The number of rotatable bonds is 4. The SMILES string of the molecule is C=C(C)[C@@H]1CC=C(C[NH+]2CCC[C@H](CO)C2)CC1. The molecule has 0 radical (unpaired) electrons. The van der Waals surface area contributed by atoms with Crippen LogP contribution in [0.4, 0.5) is 0 Å². The molecule has 18 heavy (non-hydrogen) atoms. The largest absolute Gasteiger partial charge is 0.396 e. The van der Waals surface area contributed by atoms with Crippen LogP contribution in [0.1, 0.15) is 39.0 Å². The van der Waals surface area contributed by atoms with E-state index in [0.29, 0.717) is 12.5 Å². The van der Waals surface area contributed by atoms with Crippen LogP contribution in [0.15, 0.2) is 23.8 Å². The van der Waals surface area contributed by atoms with E-state index in [1.807, 2.05) is 0 Å². The van der Waals surface area contributed by atoms with Crippen molar-refractivity contribution in [1.29, 1.82) is 0 Å². The van der Waals surface area contributed by atoms with Crippen molar-refractivity contribution in [2.45, 2.75) is 39.0 Å². The highest BCUT2D eigenvalue weighted by molar-refractivity contribution is 5.12. The van der Waals surface area contributed by atoms with E-state index in [2.05, 4.69) is 19.6 Å². The van der Waals surface area contributed by atoms with Crippen molar-refractivity contribution >= 4 is 0 Å². The van der Waals surface area contributed by atoms with Gasteiger partial charge in [-0.2, -0.15) is 0 Å². The Hall–Kier alpha value is -0.600. The first-order valence-electron chi connectivity index (χ1n) is 7.46. The Labute approximate surface area is 111 Å². The molecule has 3 atom stereocenters. The normalized spacial score (nSPS) is 33.0. The number of hydrogen-bond donors (Lipinski definition) is 2. The Morgan fingerprint density at radius 1 is 1.50 bits per heavy atom. The Morgan fingerprint density at radius 2 is 2.33 bits per heavy atom. The molecule has 0 spiro atoms. The van der Waals surface area contributed by atoms with Gasteiger partial charge in [-0.1, -0.05) is 18.2 Å². The van der Waals surface area contributed by atoms with Gasteiger partial charge in [0.25, 0.3) is 0 Å². The molecular formula is C16H28NO+. The Morgan fingerprint density at radius 3 is 2.94 bits per heavy atom. The zero-order valence-electron chi connectivity index (χ0n) is 11.8. The zero-order valence-corrected chi connectivity index (χ0v) is 11.8. The van der Waals surface area contributed by atoms with Gasteiger partial charge in [0, 0.05) is 5.92 Å². The fourth-order valence-electron chi connectivity index (χ4n) is 3.39. The lowest BCUT2D eigenvalue weighted by molar-refractivity contribution is -0.904. The molecule has 0 bridgehead atoms. The second-order valence-electron chi connectivity index (χ2n) is 6.25. The summed E-state index contributed by atoms with van der Waals surface area (Å²) in [6, 6.07) is 0. The molecule has 2 N–H and O–H groups in total. The molecule has 2 rings (SSSR count). The van der Waals surface area contributed by atoms with Crippen molar-refractivity contribution in [3.05, 3.63) is 23.8 Å². The average Bonchev–Trinajstić information content (AvgIpc) is 2.39. The minimum atomic E-state index is 0.375. The van der Waals surface area contributed by atoms with Crippen LogP contribution in [-0.4, -0.2) is 31.3 Å². The van der Waals surface area contributed by atoms with Gasteiger partial charge in [-0.3, -0.25) is 0 Å². The molecule has 1 aliphatic heterocycles. The standard InChI is InChI=1S/C16H27NO/c1-13(2)16-7-5-14(6-8-16)10-17-9-3-4-15(11-17)12-18/h5,15-16,18H,1,3-4,6-12H2,2H3/p+1/t15-,16+/m0/s1. The lowest BCUT2D eigenvalue weighted by atomic mass is 9.85. The predicted molar refractivity (Wildman–Crippen MR) is 75.6 cm³/mol. The molecule has 2 aliphatic rings. The summed E-state index contributed by atoms with van der Waals surface area (Å²) in [7, 11) is 0. The molecular weight excluding hydrogens is 222 g/mol. The van der Waals surface area contributed by atoms with Crippen LogP contribution in [0.5, 0.6) is 0 Å². The molecule has 2 nitrogen and oxygen atoms in total. The smallest absolute Gasteiger partial charge is 0.0987 e. The molecule has 1 unspecified atom stereocenters. The Bertz CT molecular complexity index is 321. The molecule has 0 aromatic carbocycles. The number of quaternary nitrogens is 1. The van der Waals surface area contributed by atoms with E-state index >= 15 is 0 Å². The quantitative estimate of drug-likeness (QED) is 0.728. The second-order valence-corrected chi connectivity index (χ2v) is 6.25. The van der Waals surface area contributed by atoms with E-state index in [9.17, 15) is 5.11 Å². The maximum Gasteiger partial charge on any atom is 0.0987 e. The number of aliphatic hydroxyl groups excluding tert-OH is 1. The highest BCUT2D eigenvalue weighted by Gasteiger charge is 2.24. The first kappa shape index (κ1) is 13.8. The van der Waals surface area contributed by atoms with Crippen LogP contribution in [0, 0.1) is 11.8 Å². The molecule has 0 aromatic heterocycles. The average molecular weight is 250 g/mol. The lowest BCUT2D eigenvalue weighted by Gasteiger charge is -2.31. The summed E-state index contributed by atoms with van der Waals surface area (Å²) in [5.41, 5.74) is 2.98. The summed E-state index contributed by atoms with van der Waals surface area (Å²) in [4.78, 5) is 1.68. The second kappa shape index (κ2) is 6.53. The van der Waals surface area contributed by atoms with Gasteiger partial charge in [-0.05, 0) is 50.5 Å². The maximum atomic E-state index is 9.27. The monoisotopic (exact) mass is 250 g/mol. The van der Waals surface area contributed by atoms with Gasteiger partial charge in [0.2, 0.25) is 0 Å². The summed E-state index contributed by atoms with van der Waals surface area (Å²) in [5.74, 6) is 1.26. The van der Waals surface area contributed by atoms with Crippen LogP contribution in [-0.2, 0) is 0 Å². The van der Waals surface area contributed by atoms with Gasteiger partial charge in [0.1, 0.15) is 0 Å². The van der Waals surface area contributed by atoms with Crippen molar-refractivity contribution < 1.29 is 10.0 Å². The van der Waals surface area contributed by atoms with E-state index in [4.69, 9.17) is 0 Å². The highest BCUT2D eigenvalue weighted by atomic mass is 16.3. The first-order valence-corrected chi connectivity index (χ1v) is 7.46. The molecule has 0 aromatic rings. The summed E-state index contributed by atoms with van der Waals surface area (Å²) < 4.78 is 0. The minimum absolute atomic E-state index is 0.375. The maximum absolute atomic E-state index is 9.27. The van der Waals surface area contributed by atoms with Gasteiger partial charge in [-0.15, -0.1) is 0 Å². The van der Waals surface area contributed by atoms with E-state index < -0.39 is 0 Å². The third kappa shape index (κ3) is 3.69. The van der Waals surface area contributed by atoms with Crippen LogP contribution in [0.2, 0.25) is 0 Å². The Kier molecular flexibility index (Phi) is 5.02. The van der Waals surface area contributed by atoms with E-state index in [1.165, 1.54) is 50.8 Å². The highest BCUT2D eigenvalue weighted by Crippen LogP contribution is 2.27. The summed E-state index contributed by atoms with van der Waals surface area (Å²) in [6.45, 7) is 10.3. The molecule has 1 aliphatic carbocycles. The van der Waals surface area contributed by atoms with Crippen molar-refractivity contribution in [2.75, 3.05) is 26.2 Å². The predicted octanol–water partition coefficient (Wildman–Crippen LogP) is 1.58. The number of likely N-dealkylation sites (tertiary alicyclic amines) is 1. The fourth-order valence-corrected chi connectivity index (χ4v) is 3.39.